The van der Waals surface area contributed by atoms with Crippen molar-refractivity contribution in [1.29, 1.82) is 0 Å². The molecule has 3 aromatic rings. The lowest BCUT2D eigenvalue weighted by molar-refractivity contribution is -0.111. The van der Waals surface area contributed by atoms with Gasteiger partial charge in [-0.2, -0.15) is 4.98 Å². The number of nitrogens with one attached hydrogen (secondary N) is 1. The smallest absolute Gasteiger partial charge is 0.260 e. The lowest BCUT2D eigenvalue weighted by atomic mass is 10.2. The maximum atomic E-state index is 12.1. The Bertz CT molecular complexity index is 879. The van der Waals surface area contributed by atoms with E-state index in [0.29, 0.717) is 16.8 Å². The molecule has 0 atom stereocenters. The van der Waals surface area contributed by atoms with Crippen LogP contribution in [0.3, 0.4) is 0 Å². The predicted molar refractivity (Wildman–Crippen MR) is 93.7 cm³/mol. The molecule has 24 heavy (non-hydrogen) atoms. The summed E-state index contributed by atoms with van der Waals surface area (Å²) < 4.78 is 5.34. The topological polar surface area (TPSA) is 68.0 Å². The van der Waals surface area contributed by atoms with Gasteiger partial charge >= 0.3 is 0 Å². The second-order valence-electron chi connectivity index (χ2n) is 5.63. The first-order valence-corrected chi connectivity index (χ1v) is 8.63. The van der Waals surface area contributed by atoms with E-state index in [1.807, 2.05) is 41.8 Å². The third kappa shape index (κ3) is 3.28. The summed E-state index contributed by atoms with van der Waals surface area (Å²) in [7, 11) is 0. The van der Waals surface area contributed by atoms with E-state index in [0.717, 1.165) is 29.8 Å². The molecule has 1 N–H and O–H groups in total. The van der Waals surface area contributed by atoms with E-state index >= 15 is 0 Å². The lowest BCUT2D eigenvalue weighted by Crippen LogP contribution is -2.07. The first kappa shape index (κ1) is 14.8. The van der Waals surface area contributed by atoms with Crippen LogP contribution in [0.5, 0.6) is 0 Å². The van der Waals surface area contributed by atoms with Crippen LogP contribution >= 0.6 is 11.3 Å². The standard InChI is InChI=1S/C18H15N3O2S/c22-15(9-6-12-4-2-1-3-5-12)19-18-14(10-11-24-18)17-20-16(21-23-17)13-7-8-13/h1-6,9-11,13H,7-8H2,(H,19,22)/b9-6+. The zero-order chi connectivity index (χ0) is 16.4. The van der Waals surface area contributed by atoms with Gasteiger partial charge in [0.05, 0.1) is 5.56 Å². The van der Waals surface area contributed by atoms with Gasteiger partial charge in [-0.1, -0.05) is 35.5 Å². The molecule has 1 amide bonds. The van der Waals surface area contributed by atoms with Crippen molar-refractivity contribution in [2.45, 2.75) is 18.8 Å². The highest BCUT2D eigenvalue weighted by Gasteiger charge is 2.29. The van der Waals surface area contributed by atoms with Crippen molar-refractivity contribution in [2.75, 3.05) is 5.32 Å². The number of thiophene rings is 1. The number of anilines is 1. The highest BCUT2D eigenvalue weighted by molar-refractivity contribution is 7.15. The van der Waals surface area contributed by atoms with Gasteiger partial charge in [0.1, 0.15) is 5.00 Å². The quantitative estimate of drug-likeness (QED) is 0.704. The van der Waals surface area contributed by atoms with Gasteiger partial charge in [0.25, 0.3) is 5.89 Å². The van der Waals surface area contributed by atoms with Crippen molar-refractivity contribution in [3.05, 3.63) is 59.2 Å². The van der Waals surface area contributed by atoms with Crippen LogP contribution in [-0.2, 0) is 4.79 Å². The van der Waals surface area contributed by atoms with Gasteiger partial charge in [-0.25, -0.2) is 0 Å². The number of hydrogen-bond acceptors (Lipinski definition) is 5. The third-order valence-corrected chi connectivity index (χ3v) is 4.57. The average molecular weight is 337 g/mol. The molecule has 0 unspecified atom stereocenters. The van der Waals surface area contributed by atoms with Gasteiger partial charge < -0.3 is 9.84 Å². The predicted octanol–water partition coefficient (Wildman–Crippen LogP) is 4.33. The van der Waals surface area contributed by atoms with E-state index in [-0.39, 0.29) is 5.91 Å². The number of benzene rings is 1. The highest BCUT2D eigenvalue weighted by atomic mass is 32.1. The summed E-state index contributed by atoms with van der Waals surface area (Å²) in [6.07, 6.45) is 5.54. The summed E-state index contributed by atoms with van der Waals surface area (Å²) in [4.78, 5) is 16.6. The number of amides is 1. The Kier molecular flexibility index (Phi) is 3.96. The lowest BCUT2D eigenvalue weighted by Gasteiger charge is -2.00. The molecule has 2 aromatic heterocycles. The summed E-state index contributed by atoms with van der Waals surface area (Å²) in [6, 6.07) is 11.6. The molecule has 0 bridgehead atoms. The van der Waals surface area contributed by atoms with Crippen LogP contribution in [-0.4, -0.2) is 16.0 Å². The van der Waals surface area contributed by atoms with Gasteiger partial charge in [0.15, 0.2) is 5.82 Å². The van der Waals surface area contributed by atoms with Crippen molar-refractivity contribution >= 4 is 28.3 Å². The molecule has 4 rings (SSSR count). The number of hydrogen-bond donors (Lipinski definition) is 1. The molecule has 0 spiro atoms. The van der Waals surface area contributed by atoms with E-state index in [1.165, 1.54) is 17.4 Å². The maximum Gasteiger partial charge on any atom is 0.260 e. The van der Waals surface area contributed by atoms with Crippen molar-refractivity contribution in [1.82, 2.24) is 10.1 Å². The van der Waals surface area contributed by atoms with Gasteiger partial charge in [-0.15, -0.1) is 11.3 Å². The van der Waals surface area contributed by atoms with E-state index in [9.17, 15) is 4.79 Å². The van der Waals surface area contributed by atoms with E-state index in [2.05, 4.69) is 15.5 Å². The Morgan fingerprint density at radius 3 is 2.88 bits per heavy atom. The minimum Gasteiger partial charge on any atom is -0.334 e. The molecule has 1 saturated carbocycles. The average Bonchev–Trinajstić information content (AvgIpc) is 3.16. The largest absolute Gasteiger partial charge is 0.334 e. The minimum atomic E-state index is -0.190. The molecule has 1 aliphatic rings. The summed E-state index contributed by atoms with van der Waals surface area (Å²) >= 11 is 1.43. The summed E-state index contributed by atoms with van der Waals surface area (Å²) in [6.45, 7) is 0. The van der Waals surface area contributed by atoms with Crippen molar-refractivity contribution in [2.24, 2.45) is 0 Å². The molecular weight excluding hydrogens is 322 g/mol. The van der Waals surface area contributed by atoms with Crippen LogP contribution in [0.1, 0.15) is 30.1 Å². The van der Waals surface area contributed by atoms with Crippen LogP contribution in [0, 0.1) is 0 Å². The summed E-state index contributed by atoms with van der Waals surface area (Å²) in [5.74, 6) is 1.47. The number of nitrogens with zero attached hydrogens (tertiary/aromatic N) is 2. The second kappa shape index (κ2) is 6.41. The van der Waals surface area contributed by atoms with E-state index in [1.54, 1.807) is 6.08 Å². The van der Waals surface area contributed by atoms with Gasteiger partial charge in [0.2, 0.25) is 5.91 Å². The number of aromatic nitrogens is 2. The van der Waals surface area contributed by atoms with Crippen LogP contribution in [0.25, 0.3) is 17.5 Å². The van der Waals surface area contributed by atoms with Crippen LogP contribution in [0.15, 0.2) is 52.4 Å². The number of carbonyl (C=O) groups is 1. The van der Waals surface area contributed by atoms with E-state index < -0.39 is 0 Å². The minimum absolute atomic E-state index is 0.190. The molecular formula is C18H15N3O2S. The fraction of sp³-hybridized carbons (Fsp3) is 0.167. The zero-order valence-corrected chi connectivity index (χ0v) is 13.6. The number of rotatable bonds is 5. The first-order valence-electron chi connectivity index (χ1n) is 7.75. The fourth-order valence-electron chi connectivity index (χ4n) is 2.32. The Balaban J connectivity index is 1.48. The van der Waals surface area contributed by atoms with Crippen LogP contribution in [0.2, 0.25) is 0 Å². The maximum absolute atomic E-state index is 12.1. The molecule has 0 saturated heterocycles. The molecule has 0 radical (unpaired) electrons. The normalized spacial score (nSPS) is 14.2. The molecule has 6 heteroatoms. The van der Waals surface area contributed by atoms with Crippen molar-refractivity contribution < 1.29 is 9.32 Å². The molecule has 5 nitrogen and oxygen atoms in total. The summed E-state index contributed by atoms with van der Waals surface area (Å²) in [5, 5.41) is 9.51. The molecule has 1 aromatic carbocycles. The third-order valence-electron chi connectivity index (χ3n) is 3.74. The molecule has 2 heterocycles. The number of carbonyl (C=O) groups excluding carboxylic acids is 1. The van der Waals surface area contributed by atoms with Gasteiger partial charge in [-0.05, 0) is 35.9 Å². The summed E-state index contributed by atoms with van der Waals surface area (Å²) in [5.41, 5.74) is 1.74. The van der Waals surface area contributed by atoms with Crippen molar-refractivity contribution in [3.8, 4) is 11.5 Å². The monoisotopic (exact) mass is 337 g/mol. The SMILES string of the molecule is O=C(/C=C/c1ccccc1)Nc1sccc1-c1nc(C2CC2)no1. The second-order valence-corrected chi connectivity index (χ2v) is 6.54. The fourth-order valence-corrected chi connectivity index (χ4v) is 3.10. The first-order chi connectivity index (χ1) is 11.8. The molecule has 120 valence electrons. The van der Waals surface area contributed by atoms with Crippen LogP contribution in [0.4, 0.5) is 5.00 Å². The van der Waals surface area contributed by atoms with Crippen molar-refractivity contribution in [3.63, 3.8) is 0 Å². The van der Waals surface area contributed by atoms with Gasteiger partial charge in [-0.3, -0.25) is 4.79 Å². The Morgan fingerprint density at radius 1 is 1.25 bits per heavy atom. The molecule has 1 fully saturated rings. The molecule has 1 aliphatic carbocycles. The Hall–Kier alpha value is -2.73. The van der Waals surface area contributed by atoms with Gasteiger partial charge in [0, 0.05) is 12.0 Å². The van der Waals surface area contributed by atoms with Crippen LogP contribution < -0.4 is 5.32 Å². The zero-order valence-electron chi connectivity index (χ0n) is 12.8. The highest BCUT2D eigenvalue weighted by Crippen LogP contribution is 2.40. The molecule has 0 aliphatic heterocycles. The Morgan fingerprint density at radius 2 is 2.08 bits per heavy atom. The van der Waals surface area contributed by atoms with E-state index in [4.69, 9.17) is 4.52 Å². The Labute approximate surface area is 143 Å².